The predicted molar refractivity (Wildman–Crippen MR) is 90.2 cm³/mol. The molecule has 22 heavy (non-hydrogen) atoms. The molecule has 1 aromatic rings. The molecule has 0 saturated carbocycles. The minimum atomic E-state index is -0.480. The summed E-state index contributed by atoms with van der Waals surface area (Å²) in [5.41, 5.74) is 0.834. The molecular weight excluding hydrogens is 276 g/mol. The van der Waals surface area contributed by atoms with Gasteiger partial charge < -0.3 is 9.47 Å². The minimum Gasteiger partial charge on any atom is -0.482 e. The molecule has 0 bridgehead atoms. The molecule has 0 spiro atoms. The Morgan fingerprint density at radius 2 is 1.50 bits per heavy atom. The molecule has 0 fully saturated rings. The van der Waals surface area contributed by atoms with Crippen LogP contribution in [0.3, 0.4) is 0 Å². The first-order chi connectivity index (χ1) is 10.1. The number of benzene rings is 1. The lowest BCUT2D eigenvalue weighted by molar-refractivity contribution is -0.157. The van der Waals surface area contributed by atoms with E-state index in [1.54, 1.807) is 0 Å². The van der Waals surface area contributed by atoms with Crippen molar-refractivity contribution in [3.8, 4) is 5.75 Å². The van der Waals surface area contributed by atoms with Gasteiger partial charge >= 0.3 is 5.97 Å². The zero-order chi connectivity index (χ0) is 16.9. The highest BCUT2D eigenvalue weighted by Gasteiger charge is 2.20. The Balaban J connectivity index is 2.64. The number of ether oxygens (including phenoxy) is 2. The Bertz CT molecular complexity index is 458. The second-order valence-electron chi connectivity index (χ2n) is 7.46. The molecule has 0 aromatic heterocycles. The molecule has 1 rings (SSSR count). The van der Waals surface area contributed by atoms with Crippen LogP contribution < -0.4 is 4.74 Å². The highest BCUT2D eigenvalue weighted by Crippen LogP contribution is 2.32. The summed E-state index contributed by atoms with van der Waals surface area (Å²) in [4.78, 5) is 11.6. The van der Waals surface area contributed by atoms with Crippen molar-refractivity contribution in [1.29, 1.82) is 0 Å². The lowest BCUT2D eigenvalue weighted by atomic mass is 9.80. The van der Waals surface area contributed by atoms with Gasteiger partial charge in [-0.25, -0.2) is 4.79 Å². The summed E-state index contributed by atoms with van der Waals surface area (Å²) >= 11 is 0. The number of carbonyl (C=O) groups excluding carboxylic acids is 1. The molecule has 0 atom stereocenters. The quantitative estimate of drug-likeness (QED) is 0.708. The molecular formula is C19H30O3. The molecule has 0 saturated heterocycles. The molecule has 0 amide bonds. The number of esters is 1. The molecule has 0 N–H and O–H groups in total. The average molecular weight is 306 g/mol. The van der Waals surface area contributed by atoms with E-state index < -0.39 is 5.60 Å². The number of rotatable bonds is 6. The molecule has 3 heteroatoms. The molecule has 124 valence electrons. The van der Waals surface area contributed by atoms with Gasteiger partial charge in [-0.15, -0.1) is 0 Å². The van der Waals surface area contributed by atoms with Gasteiger partial charge in [-0.1, -0.05) is 39.8 Å². The summed E-state index contributed by atoms with van der Waals surface area (Å²) in [6.07, 6.45) is 0. The van der Waals surface area contributed by atoms with Crippen LogP contribution in [0.15, 0.2) is 24.3 Å². The van der Waals surface area contributed by atoms with Crippen LogP contribution in [-0.4, -0.2) is 18.2 Å². The van der Waals surface area contributed by atoms with Crippen LogP contribution in [-0.2, 0) is 9.53 Å². The van der Waals surface area contributed by atoms with Gasteiger partial charge in [0.15, 0.2) is 6.61 Å². The van der Waals surface area contributed by atoms with E-state index in [4.69, 9.17) is 9.47 Å². The maximum Gasteiger partial charge on any atom is 0.344 e. The molecule has 0 aliphatic heterocycles. The SMILES string of the molecule is CC(C)C(c1ccc(OCC(=O)OC(C)(C)C)cc1)C(C)C. The fraction of sp³-hybridized carbons (Fsp3) is 0.632. The highest BCUT2D eigenvalue weighted by atomic mass is 16.6. The van der Waals surface area contributed by atoms with Crippen molar-refractivity contribution in [1.82, 2.24) is 0 Å². The van der Waals surface area contributed by atoms with E-state index in [2.05, 4.69) is 39.8 Å². The van der Waals surface area contributed by atoms with Crippen molar-refractivity contribution < 1.29 is 14.3 Å². The second-order valence-corrected chi connectivity index (χ2v) is 7.46. The van der Waals surface area contributed by atoms with Crippen LogP contribution in [0, 0.1) is 11.8 Å². The lowest BCUT2D eigenvalue weighted by Crippen LogP contribution is -2.27. The topological polar surface area (TPSA) is 35.5 Å². The van der Waals surface area contributed by atoms with Crippen LogP contribution in [0.5, 0.6) is 5.75 Å². The fourth-order valence-corrected chi connectivity index (χ4v) is 2.84. The standard InChI is InChI=1S/C19H30O3/c1-13(2)18(14(3)4)15-8-10-16(11-9-15)21-12-17(20)22-19(5,6)7/h8-11,13-14,18H,12H2,1-7H3. The third-order valence-electron chi connectivity index (χ3n) is 3.48. The second kappa shape index (κ2) is 7.66. The maximum atomic E-state index is 11.6. The Kier molecular flexibility index (Phi) is 6.46. The van der Waals surface area contributed by atoms with Gasteiger partial charge in [-0.2, -0.15) is 0 Å². The van der Waals surface area contributed by atoms with E-state index in [1.807, 2.05) is 32.9 Å². The van der Waals surface area contributed by atoms with Crippen LogP contribution in [0.4, 0.5) is 0 Å². The van der Waals surface area contributed by atoms with Crippen LogP contribution in [0.1, 0.15) is 59.9 Å². The van der Waals surface area contributed by atoms with Crippen molar-refractivity contribution in [2.45, 2.75) is 60.0 Å². The van der Waals surface area contributed by atoms with Crippen molar-refractivity contribution in [3.63, 3.8) is 0 Å². The van der Waals surface area contributed by atoms with Crippen LogP contribution in [0.25, 0.3) is 0 Å². The molecule has 0 unspecified atom stereocenters. The van der Waals surface area contributed by atoms with Gasteiger partial charge in [0.25, 0.3) is 0 Å². The molecule has 1 aromatic carbocycles. The molecule has 0 aliphatic rings. The van der Waals surface area contributed by atoms with E-state index in [-0.39, 0.29) is 12.6 Å². The van der Waals surface area contributed by atoms with E-state index in [0.717, 1.165) is 0 Å². The zero-order valence-corrected chi connectivity index (χ0v) is 15.0. The summed E-state index contributed by atoms with van der Waals surface area (Å²) in [5.74, 6) is 2.06. The summed E-state index contributed by atoms with van der Waals surface area (Å²) in [7, 11) is 0. The molecule has 0 radical (unpaired) electrons. The van der Waals surface area contributed by atoms with E-state index in [9.17, 15) is 4.79 Å². The number of carbonyl (C=O) groups is 1. The summed E-state index contributed by atoms with van der Waals surface area (Å²) in [6.45, 7) is 14.5. The van der Waals surface area contributed by atoms with Crippen LogP contribution in [0.2, 0.25) is 0 Å². The Morgan fingerprint density at radius 1 is 1.00 bits per heavy atom. The van der Waals surface area contributed by atoms with Gasteiger partial charge in [0.1, 0.15) is 11.4 Å². The van der Waals surface area contributed by atoms with Crippen molar-refractivity contribution in [2.75, 3.05) is 6.61 Å². The third kappa shape index (κ3) is 6.08. The largest absolute Gasteiger partial charge is 0.482 e. The van der Waals surface area contributed by atoms with Gasteiger partial charge in [0, 0.05) is 0 Å². The Hall–Kier alpha value is -1.51. The summed E-state index contributed by atoms with van der Waals surface area (Å²) in [6, 6.07) is 8.04. The highest BCUT2D eigenvalue weighted by molar-refractivity contribution is 5.71. The first-order valence-electron chi connectivity index (χ1n) is 8.04. The summed E-state index contributed by atoms with van der Waals surface area (Å²) < 4.78 is 10.7. The maximum absolute atomic E-state index is 11.6. The summed E-state index contributed by atoms with van der Waals surface area (Å²) in [5, 5.41) is 0. The van der Waals surface area contributed by atoms with Gasteiger partial charge in [-0.3, -0.25) is 0 Å². The van der Waals surface area contributed by atoms with Gasteiger partial charge in [0.2, 0.25) is 0 Å². The van der Waals surface area contributed by atoms with Crippen molar-refractivity contribution >= 4 is 5.97 Å². The van der Waals surface area contributed by atoms with Gasteiger partial charge in [-0.05, 0) is 56.2 Å². The lowest BCUT2D eigenvalue weighted by Gasteiger charge is -2.25. The Labute approximate surface area is 135 Å². The van der Waals surface area contributed by atoms with Crippen molar-refractivity contribution in [3.05, 3.63) is 29.8 Å². The van der Waals surface area contributed by atoms with Crippen molar-refractivity contribution in [2.24, 2.45) is 11.8 Å². The van der Waals surface area contributed by atoms with E-state index in [0.29, 0.717) is 23.5 Å². The molecule has 3 nitrogen and oxygen atoms in total. The monoisotopic (exact) mass is 306 g/mol. The molecule has 0 aliphatic carbocycles. The van der Waals surface area contributed by atoms with Gasteiger partial charge in [0.05, 0.1) is 0 Å². The fourth-order valence-electron chi connectivity index (χ4n) is 2.84. The minimum absolute atomic E-state index is 0.0611. The van der Waals surface area contributed by atoms with E-state index in [1.165, 1.54) is 5.56 Å². The average Bonchev–Trinajstić information content (AvgIpc) is 2.35. The van der Waals surface area contributed by atoms with Crippen LogP contribution >= 0.6 is 0 Å². The normalized spacial score (nSPS) is 12.1. The predicted octanol–water partition coefficient (Wildman–Crippen LogP) is 4.80. The number of hydrogen-bond acceptors (Lipinski definition) is 3. The molecule has 0 heterocycles. The first kappa shape index (κ1) is 18.5. The third-order valence-corrected chi connectivity index (χ3v) is 3.48. The Morgan fingerprint density at radius 3 is 1.91 bits per heavy atom. The smallest absolute Gasteiger partial charge is 0.344 e. The number of hydrogen-bond donors (Lipinski definition) is 0. The first-order valence-corrected chi connectivity index (χ1v) is 8.04. The zero-order valence-electron chi connectivity index (χ0n) is 15.0. The van der Waals surface area contributed by atoms with E-state index >= 15 is 0 Å².